The van der Waals surface area contributed by atoms with Gasteiger partial charge in [-0.15, -0.1) is 0 Å². The normalized spacial score (nSPS) is 10.3. The predicted octanol–water partition coefficient (Wildman–Crippen LogP) is 2.34. The number of nitrogens with one attached hydrogen (secondary N) is 1. The van der Waals surface area contributed by atoms with Crippen LogP contribution in [-0.2, 0) is 11.8 Å². The van der Waals surface area contributed by atoms with E-state index in [9.17, 15) is 10.1 Å². The van der Waals surface area contributed by atoms with Crippen molar-refractivity contribution in [2.24, 2.45) is 7.05 Å². The topological polar surface area (TPSA) is 83.6 Å². The van der Waals surface area contributed by atoms with Crippen LogP contribution < -0.4 is 5.32 Å². The summed E-state index contributed by atoms with van der Waals surface area (Å²) >= 11 is 1.26. The molecule has 2 rings (SSSR count). The minimum atomic E-state index is -0.155. The van der Waals surface area contributed by atoms with E-state index >= 15 is 0 Å². The molecule has 0 aliphatic heterocycles. The van der Waals surface area contributed by atoms with Crippen LogP contribution in [-0.4, -0.2) is 26.4 Å². The minimum absolute atomic E-state index is 0.155. The van der Waals surface area contributed by atoms with Gasteiger partial charge in [0, 0.05) is 18.8 Å². The maximum absolute atomic E-state index is 12.0. The molecule has 2 aromatic rings. The molecule has 0 fully saturated rings. The summed E-state index contributed by atoms with van der Waals surface area (Å²) in [4.78, 5) is 16.4. The Kier molecular flexibility index (Phi) is 4.83. The summed E-state index contributed by atoms with van der Waals surface area (Å²) in [6.07, 6.45) is 0. The van der Waals surface area contributed by atoms with Gasteiger partial charge < -0.3 is 5.32 Å². The van der Waals surface area contributed by atoms with E-state index in [1.165, 1.54) is 11.8 Å². The van der Waals surface area contributed by atoms with Crippen LogP contribution in [0.25, 0.3) is 0 Å². The second-order valence-electron chi connectivity index (χ2n) is 5.00. The summed E-state index contributed by atoms with van der Waals surface area (Å²) in [6, 6.07) is 5.81. The predicted molar refractivity (Wildman–Crippen MR) is 85.7 cm³/mol. The molecule has 0 bridgehead atoms. The average Bonchev–Trinajstić information content (AvgIpc) is 2.74. The standard InChI is InChI=1S/C15H17N5OS/c1-9-5-10(2)17-15(12(9)7-16)22-8-14(21)18-13-6-11(3)19-20(13)4/h5-6H,8H2,1-4H3,(H,18,21). The van der Waals surface area contributed by atoms with E-state index in [2.05, 4.69) is 21.5 Å². The first-order chi connectivity index (χ1) is 10.4. The molecule has 0 unspecified atom stereocenters. The van der Waals surface area contributed by atoms with Gasteiger partial charge in [-0.1, -0.05) is 11.8 Å². The number of carbonyl (C=O) groups is 1. The molecule has 7 heteroatoms. The molecule has 0 spiro atoms. The SMILES string of the molecule is Cc1cc(C)c(C#N)c(SCC(=O)Nc2cc(C)nn2C)n1. The summed E-state index contributed by atoms with van der Waals surface area (Å²) in [5.74, 6) is 0.685. The monoisotopic (exact) mass is 315 g/mol. The molecule has 2 heterocycles. The lowest BCUT2D eigenvalue weighted by Gasteiger charge is -2.08. The van der Waals surface area contributed by atoms with Gasteiger partial charge in [-0.2, -0.15) is 10.4 Å². The van der Waals surface area contributed by atoms with Crippen molar-refractivity contribution in [2.45, 2.75) is 25.8 Å². The lowest BCUT2D eigenvalue weighted by atomic mass is 10.1. The van der Waals surface area contributed by atoms with Crippen molar-refractivity contribution in [1.29, 1.82) is 5.26 Å². The van der Waals surface area contributed by atoms with Gasteiger partial charge in [-0.25, -0.2) is 4.98 Å². The number of pyridine rings is 1. The molecule has 22 heavy (non-hydrogen) atoms. The molecule has 0 saturated heterocycles. The van der Waals surface area contributed by atoms with E-state index in [1.807, 2.05) is 26.8 Å². The Morgan fingerprint density at radius 3 is 2.68 bits per heavy atom. The highest BCUT2D eigenvalue weighted by atomic mass is 32.2. The highest BCUT2D eigenvalue weighted by Crippen LogP contribution is 2.23. The summed E-state index contributed by atoms with van der Waals surface area (Å²) in [5, 5.41) is 16.8. The number of hydrogen-bond acceptors (Lipinski definition) is 5. The molecule has 6 nitrogen and oxygen atoms in total. The molecular formula is C15H17N5OS. The number of thioether (sulfide) groups is 1. The molecule has 1 N–H and O–H groups in total. The first kappa shape index (κ1) is 16.0. The molecule has 0 saturated carbocycles. The molecule has 1 amide bonds. The van der Waals surface area contributed by atoms with Crippen molar-refractivity contribution in [3.05, 3.63) is 34.6 Å². The molecule has 0 aliphatic carbocycles. The second kappa shape index (κ2) is 6.62. The Labute approximate surface area is 133 Å². The van der Waals surface area contributed by atoms with E-state index in [-0.39, 0.29) is 11.7 Å². The maximum Gasteiger partial charge on any atom is 0.235 e. The second-order valence-corrected chi connectivity index (χ2v) is 5.97. The third-order valence-electron chi connectivity index (χ3n) is 3.03. The number of carbonyl (C=O) groups excluding carboxylic acids is 1. The summed E-state index contributed by atoms with van der Waals surface area (Å²) < 4.78 is 1.62. The van der Waals surface area contributed by atoms with Gasteiger partial charge in [0.15, 0.2) is 0 Å². The van der Waals surface area contributed by atoms with Crippen molar-refractivity contribution < 1.29 is 4.79 Å². The van der Waals surface area contributed by atoms with Gasteiger partial charge in [0.05, 0.1) is 17.0 Å². The van der Waals surface area contributed by atoms with Crippen molar-refractivity contribution in [2.75, 3.05) is 11.1 Å². The van der Waals surface area contributed by atoms with Crippen LogP contribution in [0.2, 0.25) is 0 Å². The average molecular weight is 315 g/mol. The first-order valence-corrected chi connectivity index (χ1v) is 7.71. The van der Waals surface area contributed by atoms with Crippen LogP contribution in [0.3, 0.4) is 0 Å². The first-order valence-electron chi connectivity index (χ1n) is 6.72. The number of aromatic nitrogens is 3. The van der Waals surface area contributed by atoms with Gasteiger partial charge >= 0.3 is 0 Å². The number of anilines is 1. The molecule has 0 aliphatic rings. The number of aryl methyl sites for hydroxylation is 4. The summed E-state index contributed by atoms with van der Waals surface area (Å²) in [7, 11) is 1.77. The molecule has 0 radical (unpaired) electrons. The maximum atomic E-state index is 12.0. The van der Waals surface area contributed by atoms with E-state index in [0.29, 0.717) is 16.4 Å². The smallest absolute Gasteiger partial charge is 0.235 e. The number of nitriles is 1. The molecule has 0 atom stereocenters. The Hall–Kier alpha value is -2.33. The zero-order valence-corrected chi connectivity index (χ0v) is 13.8. The van der Waals surface area contributed by atoms with Crippen molar-refractivity contribution in [3.8, 4) is 6.07 Å². The van der Waals surface area contributed by atoms with E-state index in [4.69, 9.17) is 0 Å². The molecule has 2 aromatic heterocycles. The fourth-order valence-corrected chi connectivity index (χ4v) is 2.98. The molecule has 114 valence electrons. The quantitative estimate of drug-likeness (QED) is 0.876. The number of amides is 1. The third-order valence-corrected chi connectivity index (χ3v) is 4.01. The van der Waals surface area contributed by atoms with Crippen molar-refractivity contribution >= 4 is 23.5 Å². The molecular weight excluding hydrogens is 298 g/mol. The van der Waals surface area contributed by atoms with Crippen LogP contribution in [0.5, 0.6) is 0 Å². The summed E-state index contributed by atoms with van der Waals surface area (Å²) in [6.45, 7) is 5.61. The highest BCUT2D eigenvalue weighted by molar-refractivity contribution is 8.00. The van der Waals surface area contributed by atoms with Crippen LogP contribution in [0.4, 0.5) is 5.82 Å². The third kappa shape index (κ3) is 3.65. The number of rotatable bonds is 4. The van der Waals surface area contributed by atoms with Crippen LogP contribution in [0.15, 0.2) is 17.2 Å². The van der Waals surface area contributed by atoms with E-state index in [0.717, 1.165) is 17.0 Å². The Morgan fingerprint density at radius 1 is 1.36 bits per heavy atom. The Morgan fingerprint density at radius 2 is 2.09 bits per heavy atom. The van der Waals surface area contributed by atoms with Gasteiger partial charge in [-0.3, -0.25) is 9.48 Å². The van der Waals surface area contributed by atoms with Gasteiger partial charge in [0.25, 0.3) is 0 Å². The zero-order valence-electron chi connectivity index (χ0n) is 13.0. The number of hydrogen-bond donors (Lipinski definition) is 1. The largest absolute Gasteiger partial charge is 0.310 e. The number of nitrogens with zero attached hydrogens (tertiary/aromatic N) is 4. The Bertz CT molecular complexity index is 760. The van der Waals surface area contributed by atoms with Crippen molar-refractivity contribution in [3.63, 3.8) is 0 Å². The fourth-order valence-electron chi connectivity index (χ4n) is 2.08. The van der Waals surface area contributed by atoms with Gasteiger partial charge in [-0.05, 0) is 32.4 Å². The fraction of sp³-hybridized carbons (Fsp3) is 0.333. The minimum Gasteiger partial charge on any atom is -0.310 e. The van der Waals surface area contributed by atoms with Gasteiger partial charge in [0.2, 0.25) is 5.91 Å². The van der Waals surface area contributed by atoms with E-state index < -0.39 is 0 Å². The van der Waals surface area contributed by atoms with Crippen LogP contribution >= 0.6 is 11.8 Å². The lowest BCUT2D eigenvalue weighted by molar-refractivity contribution is -0.113. The lowest BCUT2D eigenvalue weighted by Crippen LogP contribution is -2.16. The van der Waals surface area contributed by atoms with E-state index in [1.54, 1.807) is 17.8 Å². The van der Waals surface area contributed by atoms with Gasteiger partial charge in [0.1, 0.15) is 16.9 Å². The summed E-state index contributed by atoms with van der Waals surface area (Å²) in [5.41, 5.74) is 3.08. The zero-order chi connectivity index (χ0) is 16.3. The van der Waals surface area contributed by atoms with Crippen molar-refractivity contribution in [1.82, 2.24) is 14.8 Å². The Balaban J connectivity index is 2.06. The molecule has 0 aromatic carbocycles. The highest BCUT2D eigenvalue weighted by Gasteiger charge is 2.12. The van der Waals surface area contributed by atoms with Crippen LogP contribution in [0.1, 0.15) is 22.5 Å². The van der Waals surface area contributed by atoms with Crippen LogP contribution in [0, 0.1) is 32.1 Å².